The first-order chi connectivity index (χ1) is 17.1. The third-order valence-electron chi connectivity index (χ3n) is 6.51. The van der Waals surface area contributed by atoms with Crippen molar-refractivity contribution in [3.63, 3.8) is 0 Å². The van der Waals surface area contributed by atoms with Gasteiger partial charge in [0, 0.05) is 43.5 Å². The van der Waals surface area contributed by atoms with E-state index in [1.54, 1.807) is 19.5 Å². The van der Waals surface area contributed by atoms with Gasteiger partial charge in [0.05, 0.1) is 23.4 Å². The zero-order chi connectivity index (χ0) is 24.5. The minimum atomic E-state index is -0.396. The molecule has 2 N–H and O–H groups in total. The fourth-order valence-corrected chi connectivity index (χ4v) is 4.50. The second kappa shape index (κ2) is 12.3. The van der Waals surface area contributed by atoms with E-state index in [0.29, 0.717) is 37.1 Å². The summed E-state index contributed by atoms with van der Waals surface area (Å²) in [7, 11) is 1.57. The standard InChI is InChI=1S/C27H32N4O4/c1-34-14-15-35-27(33)30-18-20-8-6-19(7-9-20)17-29-26(32)23-16-25(21-10-12-28-13-11-21)31-24-5-3-2-4-22(23)24/h2-5,10-13,16,19-20H,6-9,14-15,17-18H2,1H3,(H,29,32)(H,30,33)/t19-,20-. The Balaban J connectivity index is 1.31. The number of benzene rings is 1. The molecule has 0 bridgehead atoms. The predicted molar refractivity (Wildman–Crippen MR) is 134 cm³/mol. The summed E-state index contributed by atoms with van der Waals surface area (Å²) < 4.78 is 9.91. The van der Waals surface area contributed by atoms with Crippen LogP contribution in [-0.2, 0) is 9.47 Å². The summed E-state index contributed by atoms with van der Waals surface area (Å²) in [6.07, 6.45) is 7.12. The second-order valence-electron chi connectivity index (χ2n) is 8.91. The van der Waals surface area contributed by atoms with Crippen LogP contribution in [0.2, 0.25) is 0 Å². The highest BCUT2D eigenvalue weighted by molar-refractivity contribution is 6.07. The van der Waals surface area contributed by atoms with Crippen LogP contribution in [0.3, 0.4) is 0 Å². The molecule has 0 spiro atoms. The molecule has 1 aliphatic carbocycles. The number of nitrogens with zero attached hydrogens (tertiary/aromatic N) is 2. The molecule has 2 heterocycles. The predicted octanol–water partition coefficient (Wildman–Crippen LogP) is 4.21. The van der Waals surface area contributed by atoms with Gasteiger partial charge in [0.2, 0.25) is 0 Å². The van der Waals surface area contributed by atoms with Gasteiger partial charge in [-0.2, -0.15) is 0 Å². The molecule has 4 rings (SSSR count). The fourth-order valence-electron chi connectivity index (χ4n) is 4.50. The number of carbonyl (C=O) groups is 2. The highest BCUT2D eigenvalue weighted by Crippen LogP contribution is 2.29. The Kier molecular flexibility index (Phi) is 8.62. The van der Waals surface area contributed by atoms with Crippen molar-refractivity contribution in [2.75, 3.05) is 33.4 Å². The third kappa shape index (κ3) is 6.76. The molecule has 1 aromatic carbocycles. The Labute approximate surface area is 205 Å². The maximum Gasteiger partial charge on any atom is 0.407 e. The number of hydrogen-bond donors (Lipinski definition) is 2. The number of rotatable bonds is 9. The molecule has 0 atom stereocenters. The van der Waals surface area contributed by atoms with E-state index >= 15 is 0 Å². The van der Waals surface area contributed by atoms with Crippen LogP contribution < -0.4 is 10.6 Å². The molecule has 2 amide bonds. The molecule has 0 saturated heterocycles. The van der Waals surface area contributed by atoms with Gasteiger partial charge in [0.15, 0.2) is 0 Å². The van der Waals surface area contributed by atoms with Gasteiger partial charge in [-0.1, -0.05) is 18.2 Å². The Hall–Kier alpha value is -3.52. The van der Waals surface area contributed by atoms with E-state index in [2.05, 4.69) is 15.6 Å². The SMILES string of the molecule is COCCOC(=O)NC[C@H]1CC[C@H](CNC(=O)c2cc(-c3ccncc3)nc3ccccc23)CC1. The highest BCUT2D eigenvalue weighted by Gasteiger charge is 2.23. The highest BCUT2D eigenvalue weighted by atomic mass is 16.6. The number of para-hydroxylation sites is 1. The second-order valence-corrected chi connectivity index (χ2v) is 8.91. The largest absolute Gasteiger partial charge is 0.447 e. The molecule has 0 aliphatic heterocycles. The van der Waals surface area contributed by atoms with Crippen LogP contribution in [-0.4, -0.2) is 55.4 Å². The van der Waals surface area contributed by atoms with Crippen molar-refractivity contribution in [2.45, 2.75) is 25.7 Å². The van der Waals surface area contributed by atoms with E-state index in [9.17, 15) is 9.59 Å². The Bertz CT molecular complexity index is 1130. The van der Waals surface area contributed by atoms with E-state index in [1.807, 2.05) is 42.5 Å². The molecule has 8 heteroatoms. The summed E-state index contributed by atoms with van der Waals surface area (Å²) in [4.78, 5) is 33.7. The molecule has 8 nitrogen and oxygen atoms in total. The van der Waals surface area contributed by atoms with Crippen molar-refractivity contribution in [1.29, 1.82) is 0 Å². The first kappa shape index (κ1) is 24.6. The normalized spacial score (nSPS) is 17.6. The summed E-state index contributed by atoms with van der Waals surface area (Å²) in [5.74, 6) is 0.780. The third-order valence-corrected chi connectivity index (χ3v) is 6.51. The maximum absolute atomic E-state index is 13.2. The number of methoxy groups -OCH3 is 1. The lowest BCUT2D eigenvalue weighted by molar-refractivity contribution is 0.0935. The Morgan fingerprint density at radius 2 is 1.63 bits per heavy atom. The summed E-state index contributed by atoms with van der Waals surface area (Å²) in [6, 6.07) is 13.4. The average Bonchev–Trinajstić information content (AvgIpc) is 2.91. The lowest BCUT2D eigenvalue weighted by atomic mass is 9.82. The molecule has 35 heavy (non-hydrogen) atoms. The van der Waals surface area contributed by atoms with Crippen molar-refractivity contribution < 1.29 is 19.1 Å². The fraction of sp³-hybridized carbons (Fsp3) is 0.407. The average molecular weight is 477 g/mol. The smallest absolute Gasteiger partial charge is 0.407 e. The lowest BCUT2D eigenvalue weighted by Gasteiger charge is -2.28. The number of fused-ring (bicyclic) bond motifs is 1. The van der Waals surface area contributed by atoms with Gasteiger partial charge in [-0.25, -0.2) is 9.78 Å². The van der Waals surface area contributed by atoms with Crippen molar-refractivity contribution in [3.8, 4) is 11.3 Å². The molecule has 0 unspecified atom stereocenters. The number of alkyl carbamates (subject to hydrolysis) is 1. The van der Waals surface area contributed by atoms with Gasteiger partial charge in [-0.15, -0.1) is 0 Å². The number of ether oxygens (including phenoxy) is 2. The molecule has 1 fully saturated rings. The zero-order valence-electron chi connectivity index (χ0n) is 20.0. The number of amides is 2. The first-order valence-corrected chi connectivity index (χ1v) is 12.1. The van der Waals surface area contributed by atoms with Gasteiger partial charge < -0.3 is 20.1 Å². The summed E-state index contributed by atoms with van der Waals surface area (Å²) >= 11 is 0. The summed E-state index contributed by atoms with van der Waals surface area (Å²) in [6.45, 7) is 1.90. The number of pyridine rings is 2. The van der Waals surface area contributed by atoms with E-state index < -0.39 is 6.09 Å². The number of aromatic nitrogens is 2. The van der Waals surface area contributed by atoms with Crippen molar-refractivity contribution in [1.82, 2.24) is 20.6 Å². The number of carbonyl (C=O) groups excluding carboxylic acids is 2. The van der Waals surface area contributed by atoms with Gasteiger partial charge in [-0.05, 0) is 61.8 Å². The van der Waals surface area contributed by atoms with E-state index in [4.69, 9.17) is 14.5 Å². The maximum atomic E-state index is 13.2. The van der Waals surface area contributed by atoms with Crippen molar-refractivity contribution in [2.24, 2.45) is 11.8 Å². The minimum absolute atomic E-state index is 0.0819. The Morgan fingerprint density at radius 3 is 2.34 bits per heavy atom. The molecular weight excluding hydrogens is 444 g/mol. The monoisotopic (exact) mass is 476 g/mol. The summed E-state index contributed by atoms with van der Waals surface area (Å²) in [5, 5.41) is 6.83. The quantitative estimate of drug-likeness (QED) is 0.449. The molecule has 1 aliphatic rings. The van der Waals surface area contributed by atoms with Crippen LogP contribution in [0.25, 0.3) is 22.2 Å². The first-order valence-electron chi connectivity index (χ1n) is 12.1. The van der Waals surface area contributed by atoms with Crippen molar-refractivity contribution >= 4 is 22.9 Å². The summed E-state index contributed by atoms with van der Waals surface area (Å²) in [5.41, 5.74) is 3.10. The van der Waals surface area contributed by atoms with Gasteiger partial charge in [0.25, 0.3) is 5.91 Å². The van der Waals surface area contributed by atoms with E-state index in [1.165, 1.54) is 0 Å². The van der Waals surface area contributed by atoms with E-state index in [-0.39, 0.29) is 12.5 Å². The van der Waals surface area contributed by atoms with Crippen LogP contribution in [0.4, 0.5) is 4.79 Å². The van der Waals surface area contributed by atoms with Gasteiger partial charge in [-0.3, -0.25) is 9.78 Å². The topological polar surface area (TPSA) is 102 Å². The zero-order valence-corrected chi connectivity index (χ0v) is 20.0. The molecule has 0 radical (unpaired) electrons. The van der Waals surface area contributed by atoms with Crippen LogP contribution in [0.5, 0.6) is 0 Å². The minimum Gasteiger partial charge on any atom is -0.447 e. The molecule has 184 valence electrons. The number of hydrogen-bond acceptors (Lipinski definition) is 6. The van der Waals surface area contributed by atoms with Gasteiger partial charge >= 0.3 is 6.09 Å². The lowest BCUT2D eigenvalue weighted by Crippen LogP contribution is -2.35. The van der Waals surface area contributed by atoms with E-state index in [0.717, 1.165) is 47.8 Å². The van der Waals surface area contributed by atoms with Crippen LogP contribution in [0, 0.1) is 11.8 Å². The molecule has 2 aromatic heterocycles. The van der Waals surface area contributed by atoms with Gasteiger partial charge in [0.1, 0.15) is 6.61 Å². The Morgan fingerprint density at radius 1 is 0.943 bits per heavy atom. The molecular formula is C27H32N4O4. The van der Waals surface area contributed by atoms with Crippen LogP contribution >= 0.6 is 0 Å². The molecule has 3 aromatic rings. The molecule has 1 saturated carbocycles. The van der Waals surface area contributed by atoms with Crippen LogP contribution in [0.15, 0.2) is 54.9 Å². The number of nitrogens with one attached hydrogen (secondary N) is 2. The van der Waals surface area contributed by atoms with Crippen molar-refractivity contribution in [3.05, 3.63) is 60.4 Å². The van der Waals surface area contributed by atoms with Crippen LogP contribution in [0.1, 0.15) is 36.0 Å².